The Hall–Kier alpha value is -3.42. The van der Waals surface area contributed by atoms with Crippen LogP contribution in [0.1, 0.15) is 36.1 Å². The Balaban J connectivity index is 1.76. The smallest absolute Gasteiger partial charge is 0.226 e. The number of carbonyl (C=O) groups excluding carboxylic acids is 1. The van der Waals surface area contributed by atoms with Crippen molar-refractivity contribution in [3.63, 3.8) is 0 Å². The van der Waals surface area contributed by atoms with Gasteiger partial charge in [0, 0.05) is 36.8 Å². The van der Waals surface area contributed by atoms with Crippen LogP contribution in [0.4, 0.5) is 11.8 Å². The fourth-order valence-corrected chi connectivity index (χ4v) is 3.51. The van der Waals surface area contributed by atoms with Crippen LogP contribution < -0.4 is 15.4 Å². The summed E-state index contributed by atoms with van der Waals surface area (Å²) in [6.07, 6.45) is 3.90. The summed E-state index contributed by atoms with van der Waals surface area (Å²) >= 11 is 0. The Labute approximate surface area is 163 Å². The number of rotatable bonds is 5. The molecule has 1 aliphatic rings. The van der Waals surface area contributed by atoms with Crippen LogP contribution in [0.15, 0.2) is 36.7 Å². The monoisotopic (exact) mass is 378 g/mol. The average molecular weight is 378 g/mol. The number of anilines is 2. The van der Waals surface area contributed by atoms with Crippen molar-refractivity contribution in [2.45, 2.75) is 26.2 Å². The van der Waals surface area contributed by atoms with E-state index in [2.05, 4.69) is 25.7 Å². The largest absolute Gasteiger partial charge is 0.497 e. The van der Waals surface area contributed by atoms with Gasteiger partial charge in [0.05, 0.1) is 18.5 Å². The van der Waals surface area contributed by atoms with Crippen molar-refractivity contribution in [1.29, 1.82) is 0 Å². The lowest BCUT2D eigenvalue weighted by molar-refractivity contribution is -0.116. The van der Waals surface area contributed by atoms with Crippen molar-refractivity contribution in [3.05, 3.63) is 53.5 Å². The molecule has 8 heteroatoms. The molecule has 8 nitrogen and oxygen atoms in total. The molecule has 0 saturated carbocycles. The Kier molecular flexibility index (Phi) is 4.68. The highest BCUT2D eigenvalue weighted by atomic mass is 16.5. The molecule has 0 saturated heterocycles. The number of aryl methyl sites for hydroxylation is 1. The summed E-state index contributed by atoms with van der Waals surface area (Å²) in [7, 11) is 1.63. The molecule has 4 rings (SSSR count). The van der Waals surface area contributed by atoms with E-state index >= 15 is 0 Å². The minimum atomic E-state index is -0.133. The van der Waals surface area contributed by atoms with E-state index in [4.69, 9.17) is 4.74 Å². The number of aromatic nitrogens is 4. The van der Waals surface area contributed by atoms with E-state index in [1.54, 1.807) is 24.2 Å². The summed E-state index contributed by atoms with van der Waals surface area (Å²) in [6.45, 7) is 4.70. The first-order valence-corrected chi connectivity index (χ1v) is 9.20. The number of nitrogens with one attached hydrogen (secondary N) is 2. The zero-order valence-electron chi connectivity index (χ0n) is 16.1. The molecule has 1 aliphatic heterocycles. The summed E-state index contributed by atoms with van der Waals surface area (Å²) in [5, 5.41) is 10.8. The summed E-state index contributed by atoms with van der Waals surface area (Å²) in [6, 6.07) is 7.56. The van der Waals surface area contributed by atoms with Crippen LogP contribution in [0, 0.1) is 6.92 Å². The van der Waals surface area contributed by atoms with Crippen LogP contribution >= 0.6 is 0 Å². The SMILES string of the molecule is CCNc1ncc(C2CC(=O)Nc3c2c(C)nn3-c2ccc(OC)cc2)cn1. The van der Waals surface area contributed by atoms with E-state index in [1.165, 1.54) is 0 Å². The van der Waals surface area contributed by atoms with Crippen LogP contribution in [-0.4, -0.2) is 39.3 Å². The first-order valence-electron chi connectivity index (χ1n) is 9.20. The van der Waals surface area contributed by atoms with Gasteiger partial charge in [-0.05, 0) is 43.7 Å². The molecule has 2 aromatic heterocycles. The minimum absolute atomic E-state index is 0.0529. The van der Waals surface area contributed by atoms with Crippen LogP contribution in [0.3, 0.4) is 0 Å². The third-order valence-corrected chi connectivity index (χ3v) is 4.83. The van der Waals surface area contributed by atoms with Gasteiger partial charge in [0.2, 0.25) is 11.9 Å². The standard InChI is InChI=1S/C20H22N6O2/c1-4-21-20-22-10-13(11-23-20)16-9-17(27)24-19-18(16)12(2)25-26(19)14-5-7-15(28-3)8-6-14/h5-8,10-11,16H,4,9H2,1-3H3,(H,24,27)(H,21,22,23). The number of benzene rings is 1. The Morgan fingerprint density at radius 3 is 2.61 bits per heavy atom. The van der Waals surface area contributed by atoms with Gasteiger partial charge in [0.15, 0.2) is 0 Å². The highest BCUT2D eigenvalue weighted by molar-refractivity contribution is 5.95. The molecule has 1 unspecified atom stereocenters. The van der Waals surface area contributed by atoms with E-state index in [0.29, 0.717) is 18.2 Å². The van der Waals surface area contributed by atoms with Crippen LogP contribution in [-0.2, 0) is 4.79 Å². The van der Waals surface area contributed by atoms with Gasteiger partial charge in [-0.15, -0.1) is 0 Å². The van der Waals surface area contributed by atoms with Crippen molar-refractivity contribution in [2.75, 3.05) is 24.3 Å². The lowest BCUT2D eigenvalue weighted by atomic mass is 9.87. The quantitative estimate of drug-likeness (QED) is 0.709. The van der Waals surface area contributed by atoms with Gasteiger partial charge in [-0.25, -0.2) is 14.6 Å². The number of hydrogen-bond acceptors (Lipinski definition) is 6. The molecule has 144 valence electrons. The van der Waals surface area contributed by atoms with Crippen LogP contribution in [0.2, 0.25) is 0 Å². The molecular formula is C20H22N6O2. The van der Waals surface area contributed by atoms with Gasteiger partial charge in [0.1, 0.15) is 11.6 Å². The van der Waals surface area contributed by atoms with Crippen molar-refractivity contribution >= 4 is 17.7 Å². The molecule has 0 spiro atoms. The first-order chi connectivity index (χ1) is 13.6. The number of hydrogen-bond donors (Lipinski definition) is 2. The Morgan fingerprint density at radius 2 is 1.96 bits per heavy atom. The average Bonchev–Trinajstić information content (AvgIpc) is 3.04. The number of methoxy groups -OCH3 is 1. The van der Waals surface area contributed by atoms with E-state index in [0.717, 1.165) is 34.8 Å². The normalized spacial score (nSPS) is 15.7. The number of amides is 1. The van der Waals surface area contributed by atoms with Gasteiger partial charge in [0.25, 0.3) is 0 Å². The number of ether oxygens (including phenoxy) is 1. The van der Waals surface area contributed by atoms with Crippen molar-refractivity contribution < 1.29 is 9.53 Å². The maximum absolute atomic E-state index is 12.4. The summed E-state index contributed by atoms with van der Waals surface area (Å²) in [5.74, 6) is 1.85. The first kappa shape index (κ1) is 18.0. The van der Waals surface area contributed by atoms with Gasteiger partial charge >= 0.3 is 0 Å². The van der Waals surface area contributed by atoms with E-state index in [9.17, 15) is 4.79 Å². The Morgan fingerprint density at radius 1 is 1.25 bits per heavy atom. The highest BCUT2D eigenvalue weighted by Gasteiger charge is 2.33. The molecule has 1 amide bonds. The molecule has 28 heavy (non-hydrogen) atoms. The fraction of sp³-hybridized carbons (Fsp3) is 0.300. The third kappa shape index (κ3) is 3.17. The van der Waals surface area contributed by atoms with E-state index in [-0.39, 0.29) is 11.8 Å². The number of nitrogens with zero attached hydrogens (tertiary/aromatic N) is 4. The molecular weight excluding hydrogens is 356 g/mol. The lowest BCUT2D eigenvalue weighted by Crippen LogP contribution is -2.25. The van der Waals surface area contributed by atoms with Gasteiger partial charge in [-0.2, -0.15) is 5.10 Å². The summed E-state index contributed by atoms with van der Waals surface area (Å²) in [5.41, 5.74) is 3.61. The second-order valence-corrected chi connectivity index (χ2v) is 6.63. The third-order valence-electron chi connectivity index (χ3n) is 4.83. The van der Waals surface area contributed by atoms with Gasteiger partial charge in [-0.3, -0.25) is 4.79 Å². The minimum Gasteiger partial charge on any atom is -0.497 e. The van der Waals surface area contributed by atoms with Crippen molar-refractivity contribution in [1.82, 2.24) is 19.7 Å². The molecule has 2 N–H and O–H groups in total. The molecule has 0 bridgehead atoms. The van der Waals surface area contributed by atoms with Crippen LogP contribution in [0.5, 0.6) is 5.75 Å². The molecule has 0 fully saturated rings. The van der Waals surface area contributed by atoms with Crippen molar-refractivity contribution in [3.8, 4) is 11.4 Å². The van der Waals surface area contributed by atoms with Crippen LogP contribution in [0.25, 0.3) is 5.69 Å². The van der Waals surface area contributed by atoms with Gasteiger partial charge < -0.3 is 15.4 Å². The lowest BCUT2D eigenvalue weighted by Gasteiger charge is -2.24. The van der Waals surface area contributed by atoms with E-state index < -0.39 is 0 Å². The highest BCUT2D eigenvalue weighted by Crippen LogP contribution is 2.40. The maximum Gasteiger partial charge on any atom is 0.226 e. The molecule has 1 aromatic carbocycles. The molecule has 3 aromatic rings. The Bertz CT molecular complexity index is 995. The summed E-state index contributed by atoms with van der Waals surface area (Å²) < 4.78 is 6.99. The predicted molar refractivity (Wildman–Crippen MR) is 106 cm³/mol. The van der Waals surface area contributed by atoms with Crippen molar-refractivity contribution in [2.24, 2.45) is 0 Å². The zero-order chi connectivity index (χ0) is 19.7. The second-order valence-electron chi connectivity index (χ2n) is 6.63. The number of fused-ring (bicyclic) bond motifs is 1. The second kappa shape index (κ2) is 7.30. The topological polar surface area (TPSA) is 94.0 Å². The molecule has 1 atom stereocenters. The zero-order valence-corrected chi connectivity index (χ0v) is 16.1. The summed E-state index contributed by atoms with van der Waals surface area (Å²) in [4.78, 5) is 21.2. The predicted octanol–water partition coefficient (Wildman–Crippen LogP) is 2.89. The maximum atomic E-state index is 12.4. The van der Waals surface area contributed by atoms with E-state index in [1.807, 2.05) is 38.1 Å². The van der Waals surface area contributed by atoms with Gasteiger partial charge in [-0.1, -0.05) is 0 Å². The molecule has 3 heterocycles. The fourth-order valence-electron chi connectivity index (χ4n) is 3.51. The number of carbonyl (C=O) groups is 1. The molecule has 0 radical (unpaired) electrons. The molecule has 0 aliphatic carbocycles.